The molecule has 2 heterocycles. The van der Waals surface area contributed by atoms with Crippen LogP contribution in [0.25, 0.3) is 17.2 Å². The zero-order valence-corrected chi connectivity index (χ0v) is 17.0. The fraction of sp³-hybridized carbons (Fsp3) is 0.273. The summed E-state index contributed by atoms with van der Waals surface area (Å²) in [7, 11) is 3.22. The van der Waals surface area contributed by atoms with Crippen molar-refractivity contribution < 1.29 is 14.3 Å². The molecule has 3 aromatic rings. The van der Waals surface area contributed by atoms with Crippen LogP contribution in [0.1, 0.15) is 34.8 Å². The van der Waals surface area contributed by atoms with E-state index in [1.807, 2.05) is 18.2 Å². The summed E-state index contributed by atoms with van der Waals surface area (Å²) in [5.74, 6) is 1.88. The molecule has 4 rings (SSSR count). The van der Waals surface area contributed by atoms with Crippen molar-refractivity contribution in [3.8, 4) is 28.7 Å². The maximum Gasteiger partial charge on any atom is 0.255 e. The summed E-state index contributed by atoms with van der Waals surface area (Å²) in [6, 6.07) is 7.33. The lowest BCUT2D eigenvalue weighted by Crippen LogP contribution is -2.24. The van der Waals surface area contributed by atoms with Gasteiger partial charge < -0.3 is 14.8 Å². The molecule has 1 aromatic carbocycles. The van der Waals surface area contributed by atoms with Crippen LogP contribution in [0.5, 0.6) is 11.5 Å². The first kappa shape index (κ1) is 19.6. The van der Waals surface area contributed by atoms with Gasteiger partial charge in [0.2, 0.25) is 0 Å². The third-order valence-corrected chi connectivity index (χ3v) is 4.94. The first-order valence-corrected chi connectivity index (χ1v) is 9.69. The molecule has 8 heteroatoms. The molecular weight excluding hydrogens is 382 g/mol. The van der Waals surface area contributed by atoms with Gasteiger partial charge in [0.1, 0.15) is 11.5 Å². The Bertz CT molecular complexity index is 1090. The molecule has 1 aliphatic rings. The second kappa shape index (κ2) is 8.36. The molecule has 1 saturated carbocycles. The van der Waals surface area contributed by atoms with Crippen molar-refractivity contribution >= 4 is 5.91 Å². The molecule has 0 saturated heterocycles. The molecule has 1 amide bonds. The minimum Gasteiger partial charge on any atom is -0.497 e. The van der Waals surface area contributed by atoms with Gasteiger partial charge in [-0.3, -0.25) is 4.79 Å². The van der Waals surface area contributed by atoms with Gasteiger partial charge in [0, 0.05) is 24.2 Å². The Hall–Kier alpha value is -3.68. The van der Waals surface area contributed by atoms with Gasteiger partial charge in [-0.05, 0) is 37.1 Å². The highest BCUT2D eigenvalue weighted by atomic mass is 16.5. The fourth-order valence-electron chi connectivity index (χ4n) is 3.32. The molecule has 8 nitrogen and oxygen atoms in total. The van der Waals surface area contributed by atoms with Gasteiger partial charge in [-0.2, -0.15) is 5.10 Å². The number of ether oxygens (including phenoxy) is 2. The van der Waals surface area contributed by atoms with E-state index in [0.717, 1.165) is 24.1 Å². The molecule has 1 N–H and O–H groups in total. The average Bonchev–Trinajstić information content (AvgIpc) is 3.54. The number of rotatable bonds is 8. The zero-order valence-electron chi connectivity index (χ0n) is 17.0. The van der Waals surface area contributed by atoms with Crippen molar-refractivity contribution in [2.45, 2.75) is 18.8 Å². The lowest BCUT2D eigenvalue weighted by atomic mass is 10.1. The van der Waals surface area contributed by atoms with Crippen molar-refractivity contribution in [3.63, 3.8) is 0 Å². The van der Waals surface area contributed by atoms with Crippen LogP contribution in [-0.4, -0.2) is 46.4 Å². The van der Waals surface area contributed by atoms with Gasteiger partial charge in [0.05, 0.1) is 37.4 Å². The lowest BCUT2D eigenvalue weighted by Gasteiger charge is -2.12. The smallest absolute Gasteiger partial charge is 0.255 e. The van der Waals surface area contributed by atoms with E-state index in [4.69, 9.17) is 14.5 Å². The molecule has 1 aliphatic carbocycles. The Balaban J connectivity index is 1.76. The number of methoxy groups -OCH3 is 2. The SMILES string of the molecule is C=CCNC(=O)c1cnn(-c2nccc(-c3cc(OC)ccc3OC)n2)c1C1CC1. The van der Waals surface area contributed by atoms with Gasteiger partial charge in [0.15, 0.2) is 0 Å². The third kappa shape index (κ3) is 3.76. The van der Waals surface area contributed by atoms with E-state index in [0.29, 0.717) is 35.2 Å². The minimum atomic E-state index is -0.173. The highest BCUT2D eigenvalue weighted by molar-refractivity contribution is 5.95. The summed E-state index contributed by atoms with van der Waals surface area (Å²) in [4.78, 5) is 21.7. The van der Waals surface area contributed by atoms with E-state index in [1.54, 1.807) is 43.4 Å². The number of nitrogens with zero attached hydrogens (tertiary/aromatic N) is 4. The van der Waals surface area contributed by atoms with E-state index >= 15 is 0 Å². The molecule has 0 radical (unpaired) electrons. The molecule has 1 fully saturated rings. The number of amides is 1. The Morgan fingerprint density at radius 2 is 2.13 bits per heavy atom. The van der Waals surface area contributed by atoms with Gasteiger partial charge >= 0.3 is 0 Å². The number of carbonyl (C=O) groups is 1. The van der Waals surface area contributed by atoms with Crippen LogP contribution < -0.4 is 14.8 Å². The zero-order chi connectivity index (χ0) is 21.1. The summed E-state index contributed by atoms with van der Waals surface area (Å²) in [5.41, 5.74) is 2.84. The van der Waals surface area contributed by atoms with Gasteiger partial charge in [-0.15, -0.1) is 6.58 Å². The van der Waals surface area contributed by atoms with Gasteiger partial charge in [0.25, 0.3) is 11.9 Å². The van der Waals surface area contributed by atoms with Gasteiger partial charge in [-0.1, -0.05) is 6.08 Å². The van der Waals surface area contributed by atoms with E-state index in [2.05, 4.69) is 22.0 Å². The fourth-order valence-corrected chi connectivity index (χ4v) is 3.32. The van der Waals surface area contributed by atoms with Crippen molar-refractivity contribution in [2.75, 3.05) is 20.8 Å². The second-order valence-electron chi connectivity index (χ2n) is 6.94. The normalized spacial score (nSPS) is 13.0. The molecule has 0 unspecified atom stereocenters. The monoisotopic (exact) mass is 405 g/mol. The van der Waals surface area contributed by atoms with Crippen molar-refractivity contribution in [2.24, 2.45) is 0 Å². The summed E-state index contributed by atoms with van der Waals surface area (Å²) in [6.45, 7) is 4.04. The maximum atomic E-state index is 12.6. The van der Waals surface area contributed by atoms with Crippen LogP contribution in [-0.2, 0) is 0 Å². The molecule has 0 atom stereocenters. The number of carbonyl (C=O) groups excluding carboxylic acids is 1. The van der Waals surface area contributed by atoms with Crippen LogP contribution >= 0.6 is 0 Å². The first-order valence-electron chi connectivity index (χ1n) is 9.69. The predicted octanol–water partition coefficient (Wildman–Crippen LogP) is 3.14. The molecule has 30 heavy (non-hydrogen) atoms. The number of hydrogen-bond acceptors (Lipinski definition) is 6. The predicted molar refractivity (Wildman–Crippen MR) is 112 cm³/mol. The van der Waals surface area contributed by atoms with Crippen LogP contribution in [0.15, 0.2) is 49.3 Å². The van der Waals surface area contributed by atoms with E-state index in [9.17, 15) is 4.79 Å². The second-order valence-corrected chi connectivity index (χ2v) is 6.94. The van der Waals surface area contributed by atoms with Crippen LogP contribution in [0.3, 0.4) is 0 Å². The Morgan fingerprint density at radius 3 is 2.83 bits per heavy atom. The van der Waals surface area contributed by atoms with Crippen molar-refractivity contribution in [1.29, 1.82) is 0 Å². The summed E-state index contributed by atoms with van der Waals surface area (Å²) >= 11 is 0. The van der Waals surface area contributed by atoms with Crippen LogP contribution in [0, 0.1) is 0 Å². The van der Waals surface area contributed by atoms with Crippen molar-refractivity contribution in [1.82, 2.24) is 25.1 Å². The maximum absolute atomic E-state index is 12.6. The average molecular weight is 405 g/mol. The largest absolute Gasteiger partial charge is 0.497 e. The molecule has 0 aliphatic heterocycles. The molecular formula is C22H23N5O3. The third-order valence-electron chi connectivity index (χ3n) is 4.94. The summed E-state index contributed by atoms with van der Waals surface area (Å²) in [5, 5.41) is 7.26. The van der Waals surface area contributed by atoms with E-state index < -0.39 is 0 Å². The standard InChI is InChI=1S/C22H23N5O3/c1-4-10-23-21(28)17-13-25-27(20(17)14-5-6-14)22-24-11-9-18(26-22)16-12-15(29-2)7-8-19(16)30-3/h4,7-9,11-14H,1,5-6,10H2,2-3H3,(H,23,28). The molecule has 2 aromatic heterocycles. The Kier molecular flexibility index (Phi) is 5.47. The highest BCUT2D eigenvalue weighted by Gasteiger charge is 2.33. The molecule has 0 spiro atoms. The number of hydrogen-bond donors (Lipinski definition) is 1. The first-order chi connectivity index (χ1) is 14.7. The van der Waals surface area contributed by atoms with Crippen LogP contribution in [0.4, 0.5) is 0 Å². The molecule has 154 valence electrons. The minimum absolute atomic E-state index is 0.173. The number of nitrogens with one attached hydrogen (secondary N) is 1. The summed E-state index contributed by atoms with van der Waals surface area (Å²) in [6.07, 6.45) is 6.92. The van der Waals surface area contributed by atoms with Gasteiger partial charge in [-0.25, -0.2) is 14.6 Å². The van der Waals surface area contributed by atoms with E-state index in [-0.39, 0.29) is 11.8 Å². The highest BCUT2D eigenvalue weighted by Crippen LogP contribution is 2.42. The molecule has 0 bridgehead atoms. The Morgan fingerprint density at radius 1 is 1.30 bits per heavy atom. The quantitative estimate of drug-likeness (QED) is 0.579. The summed E-state index contributed by atoms with van der Waals surface area (Å²) < 4.78 is 12.5. The number of benzene rings is 1. The van der Waals surface area contributed by atoms with Crippen molar-refractivity contribution in [3.05, 3.63) is 60.6 Å². The Labute approximate surface area is 174 Å². The lowest BCUT2D eigenvalue weighted by molar-refractivity contribution is 0.0957. The van der Waals surface area contributed by atoms with E-state index in [1.165, 1.54) is 0 Å². The number of aromatic nitrogens is 4. The topological polar surface area (TPSA) is 91.2 Å². The van der Waals surface area contributed by atoms with Crippen LogP contribution in [0.2, 0.25) is 0 Å².